The summed E-state index contributed by atoms with van der Waals surface area (Å²) < 4.78 is 4.51. The molecule has 2 amide bonds. The molecule has 0 aromatic rings. The molecule has 0 fully saturated rings. The summed E-state index contributed by atoms with van der Waals surface area (Å²) in [5.74, 6) is -1.36. The van der Waals surface area contributed by atoms with Gasteiger partial charge in [-0.15, -0.1) is 11.8 Å². The second-order valence-corrected chi connectivity index (χ2v) is 4.41. The number of ether oxygens (including phenoxy) is 1. The van der Waals surface area contributed by atoms with Crippen LogP contribution in [-0.4, -0.2) is 40.7 Å². The van der Waals surface area contributed by atoms with Gasteiger partial charge in [-0.3, -0.25) is 14.9 Å². The predicted molar refractivity (Wildman–Crippen MR) is 59.3 cm³/mol. The molecule has 0 aliphatic rings. The van der Waals surface area contributed by atoms with Crippen molar-refractivity contribution in [3.05, 3.63) is 0 Å². The number of imide groups is 1. The van der Waals surface area contributed by atoms with Gasteiger partial charge in [-0.2, -0.15) is 0 Å². The van der Waals surface area contributed by atoms with E-state index in [4.69, 9.17) is 5.11 Å². The number of aliphatic carboxylic acids is 1. The smallest absolute Gasteiger partial charge is 0.413 e. The molecule has 0 heterocycles. The SMILES string of the molecule is CCOC(=O)NC(=O)CSC(C)CC(=O)O. The average Bonchev–Trinajstić information content (AvgIpc) is 2.14. The summed E-state index contributed by atoms with van der Waals surface area (Å²) in [6.07, 6.45) is -0.795. The lowest BCUT2D eigenvalue weighted by atomic mass is 10.3. The van der Waals surface area contributed by atoms with Crippen molar-refractivity contribution in [2.45, 2.75) is 25.5 Å². The first-order chi connectivity index (χ1) is 7.45. The summed E-state index contributed by atoms with van der Waals surface area (Å²) in [7, 11) is 0. The Morgan fingerprint density at radius 2 is 2.06 bits per heavy atom. The van der Waals surface area contributed by atoms with Crippen LogP contribution in [0.1, 0.15) is 20.3 Å². The molecule has 0 aromatic carbocycles. The largest absolute Gasteiger partial charge is 0.481 e. The van der Waals surface area contributed by atoms with Gasteiger partial charge in [-0.05, 0) is 6.92 Å². The van der Waals surface area contributed by atoms with Crippen LogP contribution < -0.4 is 5.32 Å². The van der Waals surface area contributed by atoms with Gasteiger partial charge >= 0.3 is 12.1 Å². The van der Waals surface area contributed by atoms with Gasteiger partial charge in [0, 0.05) is 5.25 Å². The molecule has 0 aliphatic carbocycles. The fraction of sp³-hybridized carbons (Fsp3) is 0.667. The maximum atomic E-state index is 11.1. The van der Waals surface area contributed by atoms with Crippen molar-refractivity contribution in [2.75, 3.05) is 12.4 Å². The van der Waals surface area contributed by atoms with E-state index in [1.807, 2.05) is 5.32 Å². The van der Waals surface area contributed by atoms with Crippen molar-refractivity contribution in [1.82, 2.24) is 5.32 Å². The fourth-order valence-corrected chi connectivity index (χ4v) is 1.61. The first-order valence-corrected chi connectivity index (χ1v) is 5.80. The summed E-state index contributed by atoms with van der Waals surface area (Å²) in [4.78, 5) is 32.3. The second kappa shape index (κ2) is 7.98. The molecule has 92 valence electrons. The number of carboxylic acid groups (broad SMARTS) is 1. The number of rotatable bonds is 6. The van der Waals surface area contributed by atoms with Crippen LogP contribution in [0.3, 0.4) is 0 Å². The van der Waals surface area contributed by atoms with Gasteiger partial charge in [0.2, 0.25) is 5.91 Å². The fourth-order valence-electron chi connectivity index (χ4n) is 0.840. The molecule has 0 aromatic heterocycles. The second-order valence-electron chi connectivity index (χ2n) is 2.99. The highest BCUT2D eigenvalue weighted by atomic mass is 32.2. The van der Waals surface area contributed by atoms with Crippen LogP contribution in [-0.2, 0) is 14.3 Å². The van der Waals surface area contributed by atoms with E-state index in [9.17, 15) is 14.4 Å². The highest BCUT2D eigenvalue weighted by molar-refractivity contribution is 8.00. The summed E-state index contributed by atoms with van der Waals surface area (Å²) in [6.45, 7) is 3.53. The van der Waals surface area contributed by atoms with Crippen molar-refractivity contribution in [2.24, 2.45) is 0 Å². The first kappa shape index (κ1) is 14.8. The number of carboxylic acids is 1. The molecule has 0 saturated heterocycles. The number of hydrogen-bond acceptors (Lipinski definition) is 5. The third-order valence-corrected chi connectivity index (χ3v) is 2.64. The zero-order valence-corrected chi connectivity index (χ0v) is 10.0. The van der Waals surface area contributed by atoms with E-state index in [1.165, 1.54) is 11.8 Å². The zero-order valence-electron chi connectivity index (χ0n) is 9.19. The van der Waals surface area contributed by atoms with E-state index in [1.54, 1.807) is 13.8 Å². The molecule has 1 unspecified atom stereocenters. The van der Waals surface area contributed by atoms with Gasteiger partial charge in [0.1, 0.15) is 0 Å². The van der Waals surface area contributed by atoms with Gasteiger partial charge in [0.05, 0.1) is 18.8 Å². The maximum Gasteiger partial charge on any atom is 0.413 e. The van der Waals surface area contributed by atoms with Crippen LogP contribution >= 0.6 is 11.8 Å². The highest BCUT2D eigenvalue weighted by Crippen LogP contribution is 2.13. The number of nitrogens with one attached hydrogen (secondary N) is 1. The minimum Gasteiger partial charge on any atom is -0.481 e. The van der Waals surface area contributed by atoms with Crippen molar-refractivity contribution in [3.63, 3.8) is 0 Å². The van der Waals surface area contributed by atoms with Gasteiger partial charge in [0.15, 0.2) is 0 Å². The van der Waals surface area contributed by atoms with Crippen molar-refractivity contribution >= 4 is 29.7 Å². The Morgan fingerprint density at radius 1 is 1.44 bits per heavy atom. The van der Waals surface area contributed by atoms with Crippen molar-refractivity contribution < 1.29 is 24.2 Å². The lowest BCUT2D eigenvalue weighted by Crippen LogP contribution is -2.32. The first-order valence-electron chi connectivity index (χ1n) is 4.75. The number of alkyl carbamates (subject to hydrolysis) is 1. The minimum absolute atomic E-state index is 0.0165. The molecule has 7 heteroatoms. The lowest BCUT2D eigenvalue weighted by Gasteiger charge is -2.08. The number of carbonyl (C=O) groups is 3. The molecule has 0 bridgehead atoms. The Bertz CT molecular complexity index is 269. The van der Waals surface area contributed by atoms with Gasteiger partial charge in [0.25, 0.3) is 0 Å². The number of thioether (sulfide) groups is 1. The summed E-state index contributed by atoms with van der Waals surface area (Å²) >= 11 is 1.17. The predicted octanol–water partition coefficient (Wildman–Crippen LogP) is 0.855. The highest BCUT2D eigenvalue weighted by Gasteiger charge is 2.12. The van der Waals surface area contributed by atoms with E-state index in [-0.39, 0.29) is 24.0 Å². The van der Waals surface area contributed by atoms with E-state index in [2.05, 4.69) is 4.74 Å². The minimum atomic E-state index is -0.911. The molecule has 1 atom stereocenters. The van der Waals surface area contributed by atoms with Crippen LogP contribution in [0, 0.1) is 0 Å². The third kappa shape index (κ3) is 8.10. The Hall–Kier alpha value is -1.24. The third-order valence-electron chi connectivity index (χ3n) is 1.48. The molecular formula is C9H15NO5S. The molecule has 16 heavy (non-hydrogen) atoms. The zero-order chi connectivity index (χ0) is 12.6. The Balaban J connectivity index is 3.72. The average molecular weight is 249 g/mol. The Morgan fingerprint density at radius 3 is 2.56 bits per heavy atom. The summed E-state index contributed by atoms with van der Waals surface area (Å²) in [6, 6.07) is 0. The molecule has 6 nitrogen and oxygen atoms in total. The van der Waals surface area contributed by atoms with E-state index < -0.39 is 18.0 Å². The summed E-state index contributed by atoms with van der Waals surface area (Å²) in [5, 5.41) is 10.3. The topological polar surface area (TPSA) is 92.7 Å². The molecule has 0 aliphatic heterocycles. The van der Waals surface area contributed by atoms with Crippen LogP contribution in [0.15, 0.2) is 0 Å². The molecular weight excluding hydrogens is 234 g/mol. The quantitative estimate of drug-likeness (QED) is 0.725. The van der Waals surface area contributed by atoms with Gasteiger partial charge in [-0.1, -0.05) is 6.92 Å². The van der Waals surface area contributed by atoms with Crippen molar-refractivity contribution in [3.8, 4) is 0 Å². The van der Waals surface area contributed by atoms with Crippen LogP contribution in [0.2, 0.25) is 0 Å². The summed E-state index contributed by atoms with van der Waals surface area (Å²) in [5.41, 5.74) is 0. The number of amides is 2. The molecule has 0 spiro atoms. The van der Waals surface area contributed by atoms with Gasteiger partial charge in [-0.25, -0.2) is 4.79 Å². The van der Waals surface area contributed by atoms with Crippen molar-refractivity contribution in [1.29, 1.82) is 0 Å². The monoisotopic (exact) mass is 249 g/mol. The van der Waals surface area contributed by atoms with Gasteiger partial charge < -0.3 is 9.84 Å². The molecule has 0 rings (SSSR count). The van der Waals surface area contributed by atoms with Crippen LogP contribution in [0.4, 0.5) is 4.79 Å². The number of carbonyl (C=O) groups excluding carboxylic acids is 2. The maximum absolute atomic E-state index is 11.1. The number of hydrogen-bond donors (Lipinski definition) is 2. The van der Waals surface area contributed by atoms with Crippen LogP contribution in [0.5, 0.6) is 0 Å². The Labute approximate surface area is 97.7 Å². The van der Waals surface area contributed by atoms with E-state index in [0.717, 1.165) is 0 Å². The lowest BCUT2D eigenvalue weighted by molar-refractivity contribution is -0.136. The molecule has 0 saturated carbocycles. The standard InChI is InChI=1S/C9H15NO5S/c1-3-15-9(14)10-7(11)5-16-6(2)4-8(12)13/h6H,3-5H2,1-2H3,(H,12,13)(H,10,11,14). The van der Waals surface area contributed by atoms with Crippen LogP contribution in [0.25, 0.3) is 0 Å². The molecule has 2 N–H and O–H groups in total. The van der Waals surface area contributed by atoms with E-state index >= 15 is 0 Å². The Kier molecular flexibility index (Phi) is 7.36. The van der Waals surface area contributed by atoms with E-state index in [0.29, 0.717) is 0 Å². The molecule has 0 radical (unpaired) electrons. The normalized spacial score (nSPS) is 11.6.